The lowest BCUT2D eigenvalue weighted by molar-refractivity contribution is 0.122. The van der Waals surface area contributed by atoms with E-state index in [1.807, 2.05) is 38.1 Å². The summed E-state index contributed by atoms with van der Waals surface area (Å²) in [6.45, 7) is 3.99. The van der Waals surface area contributed by atoms with Crippen molar-refractivity contribution in [2.24, 2.45) is 11.7 Å². The number of rotatable bonds is 5. The predicted molar refractivity (Wildman–Crippen MR) is 67.9 cm³/mol. The van der Waals surface area contributed by atoms with E-state index in [0.29, 0.717) is 5.92 Å². The minimum Gasteiger partial charge on any atom is -0.491 e. The molecule has 0 spiro atoms. The summed E-state index contributed by atoms with van der Waals surface area (Å²) in [7, 11) is 0. The maximum Gasteiger partial charge on any atom is 0.119 e. The molecule has 94 valence electrons. The molecule has 2 rings (SSSR count). The molecule has 1 fully saturated rings. The van der Waals surface area contributed by atoms with Crippen molar-refractivity contribution in [2.75, 3.05) is 0 Å². The number of hydrogen-bond acceptors (Lipinski definition) is 3. The lowest BCUT2D eigenvalue weighted by Crippen LogP contribution is -2.27. The van der Waals surface area contributed by atoms with Crippen LogP contribution < -0.4 is 10.5 Å². The number of aliphatic hydroxyl groups is 1. The van der Waals surface area contributed by atoms with Gasteiger partial charge in [0.1, 0.15) is 5.75 Å². The van der Waals surface area contributed by atoms with E-state index in [1.54, 1.807) is 0 Å². The van der Waals surface area contributed by atoms with Gasteiger partial charge >= 0.3 is 0 Å². The van der Waals surface area contributed by atoms with Crippen molar-refractivity contribution in [1.82, 2.24) is 0 Å². The third kappa shape index (κ3) is 3.20. The molecule has 0 saturated heterocycles. The molecule has 2 atom stereocenters. The van der Waals surface area contributed by atoms with Gasteiger partial charge in [0.05, 0.1) is 18.2 Å². The van der Waals surface area contributed by atoms with Crippen LogP contribution in [-0.2, 0) is 0 Å². The zero-order chi connectivity index (χ0) is 12.4. The summed E-state index contributed by atoms with van der Waals surface area (Å²) in [5.74, 6) is 1.24. The van der Waals surface area contributed by atoms with Gasteiger partial charge < -0.3 is 15.6 Å². The van der Waals surface area contributed by atoms with Gasteiger partial charge in [0, 0.05) is 0 Å². The van der Waals surface area contributed by atoms with Crippen molar-refractivity contribution in [2.45, 2.75) is 44.9 Å². The summed E-state index contributed by atoms with van der Waals surface area (Å²) in [6, 6.07) is 7.42. The largest absolute Gasteiger partial charge is 0.491 e. The van der Waals surface area contributed by atoms with Gasteiger partial charge in [-0.05, 0) is 50.3 Å². The molecule has 3 N–H and O–H groups in total. The number of hydrogen-bond donors (Lipinski definition) is 2. The van der Waals surface area contributed by atoms with Crippen molar-refractivity contribution < 1.29 is 9.84 Å². The van der Waals surface area contributed by atoms with Crippen LogP contribution in [0.25, 0.3) is 0 Å². The number of nitrogens with two attached hydrogens (primary N) is 1. The molecule has 0 heterocycles. The molecule has 0 aromatic heterocycles. The summed E-state index contributed by atoms with van der Waals surface area (Å²) in [6.07, 6.45) is 1.96. The third-order valence-corrected chi connectivity index (χ3v) is 3.11. The van der Waals surface area contributed by atoms with Crippen LogP contribution >= 0.6 is 0 Å². The van der Waals surface area contributed by atoms with E-state index in [2.05, 4.69) is 0 Å². The Hall–Kier alpha value is -1.06. The topological polar surface area (TPSA) is 55.5 Å². The summed E-state index contributed by atoms with van der Waals surface area (Å²) >= 11 is 0. The molecular weight excluding hydrogens is 214 g/mol. The fourth-order valence-corrected chi connectivity index (χ4v) is 1.97. The number of benzene rings is 1. The summed E-state index contributed by atoms with van der Waals surface area (Å²) < 4.78 is 5.57. The maximum atomic E-state index is 9.97. The normalized spacial score (nSPS) is 19.1. The van der Waals surface area contributed by atoms with Crippen LogP contribution in [0.3, 0.4) is 0 Å². The van der Waals surface area contributed by atoms with Crippen molar-refractivity contribution in [1.29, 1.82) is 0 Å². The maximum absolute atomic E-state index is 9.97. The van der Waals surface area contributed by atoms with Crippen LogP contribution in [0.4, 0.5) is 0 Å². The van der Waals surface area contributed by atoms with Crippen LogP contribution in [0.5, 0.6) is 5.75 Å². The van der Waals surface area contributed by atoms with Crippen LogP contribution in [0.2, 0.25) is 0 Å². The van der Waals surface area contributed by atoms with Gasteiger partial charge in [-0.2, -0.15) is 0 Å². The van der Waals surface area contributed by atoms with Gasteiger partial charge in [-0.25, -0.2) is 0 Å². The van der Waals surface area contributed by atoms with Crippen LogP contribution in [0.15, 0.2) is 24.3 Å². The Balaban J connectivity index is 2.01. The van der Waals surface area contributed by atoms with Crippen molar-refractivity contribution in [3.63, 3.8) is 0 Å². The highest BCUT2D eigenvalue weighted by molar-refractivity contribution is 5.30. The van der Waals surface area contributed by atoms with E-state index < -0.39 is 6.10 Å². The first kappa shape index (κ1) is 12.4. The second kappa shape index (κ2) is 5.07. The predicted octanol–water partition coefficient (Wildman–Crippen LogP) is 2.24. The SMILES string of the molecule is CC(C)Oc1ccc([C@H](N)[C@H](O)C2CC2)cc1. The van der Waals surface area contributed by atoms with Gasteiger partial charge in [0.2, 0.25) is 0 Å². The van der Waals surface area contributed by atoms with Crippen molar-refractivity contribution in [3.8, 4) is 5.75 Å². The zero-order valence-corrected chi connectivity index (χ0v) is 10.5. The third-order valence-electron chi connectivity index (χ3n) is 3.11. The Labute approximate surface area is 103 Å². The Morgan fingerprint density at radius 2 is 1.82 bits per heavy atom. The molecule has 3 heteroatoms. The van der Waals surface area contributed by atoms with Crippen molar-refractivity contribution in [3.05, 3.63) is 29.8 Å². The first-order chi connectivity index (χ1) is 8.08. The Bertz CT molecular complexity index is 357. The molecule has 0 aliphatic heterocycles. The van der Waals surface area contributed by atoms with Gasteiger partial charge in [0.25, 0.3) is 0 Å². The molecule has 1 aliphatic rings. The van der Waals surface area contributed by atoms with Crippen molar-refractivity contribution >= 4 is 0 Å². The molecule has 0 unspecified atom stereocenters. The quantitative estimate of drug-likeness (QED) is 0.823. The van der Waals surface area contributed by atoms with E-state index in [0.717, 1.165) is 24.2 Å². The van der Waals surface area contributed by atoms with E-state index in [1.165, 1.54) is 0 Å². The molecule has 1 saturated carbocycles. The second-order valence-corrected chi connectivity index (χ2v) is 5.09. The first-order valence-corrected chi connectivity index (χ1v) is 6.28. The highest BCUT2D eigenvalue weighted by Gasteiger charge is 2.34. The second-order valence-electron chi connectivity index (χ2n) is 5.09. The molecule has 0 amide bonds. The molecule has 1 aliphatic carbocycles. The molecule has 17 heavy (non-hydrogen) atoms. The smallest absolute Gasteiger partial charge is 0.119 e. The Morgan fingerprint density at radius 1 is 1.24 bits per heavy atom. The lowest BCUT2D eigenvalue weighted by Gasteiger charge is -2.19. The molecule has 0 radical (unpaired) electrons. The Morgan fingerprint density at radius 3 is 2.29 bits per heavy atom. The van der Waals surface area contributed by atoms with E-state index in [4.69, 9.17) is 10.5 Å². The van der Waals surface area contributed by atoms with E-state index in [-0.39, 0.29) is 12.1 Å². The van der Waals surface area contributed by atoms with Gasteiger partial charge in [-0.1, -0.05) is 12.1 Å². The fraction of sp³-hybridized carbons (Fsp3) is 0.571. The molecule has 3 nitrogen and oxygen atoms in total. The van der Waals surface area contributed by atoms with Gasteiger partial charge in [-0.15, -0.1) is 0 Å². The highest BCUT2D eigenvalue weighted by atomic mass is 16.5. The van der Waals surface area contributed by atoms with E-state index >= 15 is 0 Å². The van der Waals surface area contributed by atoms with Gasteiger partial charge in [-0.3, -0.25) is 0 Å². The summed E-state index contributed by atoms with van der Waals surface area (Å²) in [4.78, 5) is 0. The Kier molecular flexibility index (Phi) is 3.69. The first-order valence-electron chi connectivity index (χ1n) is 6.28. The van der Waals surface area contributed by atoms with Crippen LogP contribution in [0, 0.1) is 5.92 Å². The van der Waals surface area contributed by atoms with Crippen LogP contribution in [-0.4, -0.2) is 17.3 Å². The summed E-state index contributed by atoms with van der Waals surface area (Å²) in [5.41, 5.74) is 7.01. The van der Waals surface area contributed by atoms with Crippen LogP contribution in [0.1, 0.15) is 38.3 Å². The lowest BCUT2D eigenvalue weighted by atomic mass is 9.99. The minimum absolute atomic E-state index is 0.173. The monoisotopic (exact) mass is 235 g/mol. The number of aliphatic hydroxyl groups excluding tert-OH is 1. The van der Waals surface area contributed by atoms with E-state index in [9.17, 15) is 5.11 Å². The average Bonchev–Trinajstić information content (AvgIpc) is 3.11. The molecular formula is C14H21NO2. The average molecular weight is 235 g/mol. The molecule has 1 aromatic rings. The standard InChI is InChI=1S/C14H21NO2/c1-9(2)17-12-7-5-10(6-8-12)13(15)14(16)11-3-4-11/h5-9,11,13-14,16H,3-4,15H2,1-2H3/t13-,14+/m0/s1. The van der Waals surface area contributed by atoms with Gasteiger partial charge in [0.15, 0.2) is 0 Å². The highest BCUT2D eigenvalue weighted by Crippen LogP contribution is 2.37. The zero-order valence-electron chi connectivity index (χ0n) is 10.5. The fourth-order valence-electron chi connectivity index (χ4n) is 1.97. The molecule has 1 aromatic carbocycles. The summed E-state index contributed by atoms with van der Waals surface area (Å²) in [5, 5.41) is 9.97. The molecule has 0 bridgehead atoms. The minimum atomic E-state index is -0.410. The number of ether oxygens (including phenoxy) is 1.